The Morgan fingerprint density at radius 3 is 2.80 bits per heavy atom. The van der Waals surface area contributed by atoms with Crippen molar-refractivity contribution < 1.29 is 9.31 Å². The van der Waals surface area contributed by atoms with E-state index in [4.69, 9.17) is 0 Å². The van der Waals surface area contributed by atoms with Gasteiger partial charge in [0.05, 0.1) is 10.6 Å². The van der Waals surface area contributed by atoms with Crippen molar-refractivity contribution >= 4 is 11.3 Å². The van der Waals surface area contributed by atoms with Gasteiger partial charge in [-0.3, -0.25) is 19.7 Å². The van der Waals surface area contributed by atoms with E-state index in [1.54, 1.807) is 41.4 Å². The zero-order chi connectivity index (χ0) is 17.6. The fraction of sp³-hybridized carbons (Fsp3) is 0.0588. The smallest absolute Gasteiger partial charge is 0.271 e. The van der Waals surface area contributed by atoms with E-state index in [1.165, 1.54) is 22.8 Å². The van der Waals surface area contributed by atoms with Crippen LogP contribution in [0.4, 0.5) is 10.1 Å². The van der Waals surface area contributed by atoms with Crippen molar-refractivity contribution in [3.63, 3.8) is 0 Å². The van der Waals surface area contributed by atoms with Gasteiger partial charge in [-0.05, 0) is 24.6 Å². The van der Waals surface area contributed by atoms with Crippen molar-refractivity contribution in [3.05, 3.63) is 76.6 Å². The van der Waals surface area contributed by atoms with E-state index in [0.717, 1.165) is 5.56 Å². The Kier molecular flexibility index (Phi) is 3.31. The molecular formula is C17H12FN5O2. The summed E-state index contributed by atoms with van der Waals surface area (Å²) in [6.07, 6.45) is 6.37. The SMILES string of the molecule is Cc1ccc([N+](=O)[O-])cc1-n1ccn2nc(-c3cccnc3)c(F)c12. The van der Waals surface area contributed by atoms with Gasteiger partial charge >= 0.3 is 0 Å². The van der Waals surface area contributed by atoms with E-state index in [2.05, 4.69) is 10.1 Å². The number of non-ortho nitro benzene ring substituents is 1. The Morgan fingerprint density at radius 2 is 2.08 bits per heavy atom. The first kappa shape index (κ1) is 15.0. The second-order valence-electron chi connectivity index (χ2n) is 5.57. The van der Waals surface area contributed by atoms with E-state index in [9.17, 15) is 10.1 Å². The molecule has 4 rings (SSSR count). The summed E-state index contributed by atoms with van der Waals surface area (Å²) in [5, 5.41) is 15.3. The largest absolute Gasteiger partial charge is 0.297 e. The predicted molar refractivity (Wildman–Crippen MR) is 89.1 cm³/mol. The molecule has 0 radical (unpaired) electrons. The molecule has 8 heteroatoms. The van der Waals surface area contributed by atoms with Gasteiger partial charge < -0.3 is 0 Å². The lowest BCUT2D eigenvalue weighted by Gasteiger charge is -2.07. The fourth-order valence-corrected chi connectivity index (χ4v) is 2.78. The summed E-state index contributed by atoms with van der Waals surface area (Å²) in [6, 6.07) is 7.91. The van der Waals surface area contributed by atoms with E-state index in [1.807, 2.05) is 6.92 Å². The van der Waals surface area contributed by atoms with Crippen molar-refractivity contribution in [1.29, 1.82) is 0 Å². The van der Waals surface area contributed by atoms with Crippen LogP contribution in [0, 0.1) is 22.9 Å². The van der Waals surface area contributed by atoms with Gasteiger partial charge in [0, 0.05) is 42.5 Å². The molecule has 0 amide bonds. The Bertz CT molecular complexity index is 1100. The van der Waals surface area contributed by atoms with Crippen LogP contribution in [-0.4, -0.2) is 24.1 Å². The molecular weight excluding hydrogens is 325 g/mol. The molecule has 0 saturated carbocycles. The Morgan fingerprint density at radius 1 is 1.24 bits per heavy atom. The molecule has 0 bridgehead atoms. The summed E-state index contributed by atoms with van der Waals surface area (Å²) in [5.41, 5.74) is 2.21. The summed E-state index contributed by atoms with van der Waals surface area (Å²) in [6.45, 7) is 1.81. The number of rotatable bonds is 3. The minimum Gasteiger partial charge on any atom is -0.297 e. The number of imidazole rings is 1. The Labute approximate surface area is 141 Å². The molecule has 25 heavy (non-hydrogen) atoms. The zero-order valence-electron chi connectivity index (χ0n) is 13.1. The first-order chi connectivity index (χ1) is 12.1. The molecule has 3 aromatic heterocycles. The zero-order valence-corrected chi connectivity index (χ0v) is 13.1. The molecule has 1 aromatic carbocycles. The Hall–Kier alpha value is -3.55. The van der Waals surface area contributed by atoms with Crippen LogP contribution >= 0.6 is 0 Å². The fourth-order valence-electron chi connectivity index (χ4n) is 2.78. The van der Waals surface area contributed by atoms with Crippen LogP contribution in [0.5, 0.6) is 0 Å². The molecule has 0 unspecified atom stereocenters. The number of nitrogens with zero attached hydrogens (tertiary/aromatic N) is 5. The van der Waals surface area contributed by atoms with Crippen LogP contribution in [0.3, 0.4) is 0 Å². The van der Waals surface area contributed by atoms with Crippen molar-refractivity contribution in [3.8, 4) is 16.9 Å². The number of hydrogen-bond donors (Lipinski definition) is 0. The molecule has 7 nitrogen and oxygen atoms in total. The van der Waals surface area contributed by atoms with Crippen LogP contribution < -0.4 is 0 Å². The maximum absolute atomic E-state index is 15.0. The normalized spacial score (nSPS) is 11.1. The van der Waals surface area contributed by atoms with Crippen molar-refractivity contribution in [1.82, 2.24) is 19.2 Å². The van der Waals surface area contributed by atoms with Crippen molar-refractivity contribution in [2.45, 2.75) is 6.92 Å². The highest BCUT2D eigenvalue weighted by Crippen LogP contribution is 2.28. The predicted octanol–water partition coefficient (Wildman–Crippen LogP) is 3.54. The highest BCUT2D eigenvalue weighted by atomic mass is 19.1. The summed E-state index contributed by atoms with van der Waals surface area (Å²) in [5.74, 6) is -0.510. The first-order valence-corrected chi connectivity index (χ1v) is 7.47. The average molecular weight is 337 g/mol. The summed E-state index contributed by atoms with van der Waals surface area (Å²) in [4.78, 5) is 14.6. The van der Waals surface area contributed by atoms with E-state index in [-0.39, 0.29) is 17.0 Å². The van der Waals surface area contributed by atoms with Gasteiger partial charge in [-0.25, -0.2) is 8.91 Å². The highest BCUT2D eigenvalue weighted by Gasteiger charge is 2.20. The second kappa shape index (κ2) is 5.52. The lowest BCUT2D eigenvalue weighted by Crippen LogP contribution is -1.99. The quantitative estimate of drug-likeness (QED) is 0.423. The van der Waals surface area contributed by atoms with Crippen LogP contribution in [0.1, 0.15) is 5.56 Å². The monoisotopic (exact) mass is 337 g/mol. The van der Waals surface area contributed by atoms with Crippen molar-refractivity contribution in [2.75, 3.05) is 0 Å². The third kappa shape index (κ3) is 2.35. The highest BCUT2D eigenvalue weighted by molar-refractivity contribution is 5.67. The first-order valence-electron chi connectivity index (χ1n) is 7.47. The summed E-state index contributed by atoms with van der Waals surface area (Å²) in [7, 11) is 0. The van der Waals surface area contributed by atoms with E-state index in [0.29, 0.717) is 11.3 Å². The molecule has 3 heterocycles. The molecule has 0 atom stereocenters. The van der Waals surface area contributed by atoms with E-state index < -0.39 is 10.7 Å². The van der Waals surface area contributed by atoms with Gasteiger partial charge in [-0.2, -0.15) is 5.10 Å². The molecule has 0 aliphatic carbocycles. The van der Waals surface area contributed by atoms with Gasteiger partial charge in [0.25, 0.3) is 5.69 Å². The lowest BCUT2D eigenvalue weighted by atomic mass is 10.1. The molecule has 124 valence electrons. The average Bonchev–Trinajstić information content (AvgIpc) is 3.16. The van der Waals surface area contributed by atoms with E-state index >= 15 is 4.39 Å². The number of hydrogen-bond acceptors (Lipinski definition) is 4. The molecule has 0 aliphatic rings. The topological polar surface area (TPSA) is 78.3 Å². The third-order valence-corrected chi connectivity index (χ3v) is 4.01. The molecule has 0 saturated heterocycles. The molecule has 0 aliphatic heterocycles. The van der Waals surface area contributed by atoms with Crippen molar-refractivity contribution in [2.24, 2.45) is 0 Å². The Balaban J connectivity index is 1.94. The number of pyridine rings is 1. The summed E-state index contributed by atoms with van der Waals surface area (Å²) >= 11 is 0. The van der Waals surface area contributed by atoms with Crippen LogP contribution in [0.25, 0.3) is 22.6 Å². The number of aryl methyl sites for hydroxylation is 1. The number of benzene rings is 1. The van der Waals surface area contributed by atoms with Crippen LogP contribution in [-0.2, 0) is 0 Å². The van der Waals surface area contributed by atoms with Gasteiger partial charge in [-0.1, -0.05) is 6.07 Å². The number of aromatic nitrogens is 4. The molecule has 0 fully saturated rings. The van der Waals surface area contributed by atoms with Gasteiger partial charge in [0.1, 0.15) is 5.69 Å². The lowest BCUT2D eigenvalue weighted by molar-refractivity contribution is -0.384. The number of nitro groups is 1. The second-order valence-corrected chi connectivity index (χ2v) is 5.57. The van der Waals surface area contributed by atoms with Gasteiger partial charge in [-0.15, -0.1) is 0 Å². The summed E-state index contributed by atoms with van der Waals surface area (Å²) < 4.78 is 18.0. The van der Waals surface area contributed by atoms with Gasteiger partial charge in [0.2, 0.25) is 0 Å². The molecule has 0 N–H and O–H groups in total. The minimum absolute atomic E-state index is 0.0557. The molecule has 4 aromatic rings. The number of halogens is 1. The maximum Gasteiger partial charge on any atom is 0.271 e. The third-order valence-electron chi connectivity index (χ3n) is 4.01. The molecule has 0 spiro atoms. The van der Waals surface area contributed by atoms with Crippen LogP contribution in [0.2, 0.25) is 0 Å². The van der Waals surface area contributed by atoms with Gasteiger partial charge in [0.15, 0.2) is 11.5 Å². The standard InChI is InChI=1S/C17H12FN5O2/c1-11-4-5-13(23(24)25)9-14(11)21-7-8-22-17(21)15(18)16(20-22)12-3-2-6-19-10-12/h2-10H,1H3. The maximum atomic E-state index is 15.0. The van der Waals surface area contributed by atoms with Crippen LogP contribution in [0.15, 0.2) is 55.1 Å². The number of nitro benzene ring substituents is 1. The minimum atomic E-state index is -0.510. The number of fused-ring (bicyclic) bond motifs is 1.